The molecule has 2 amide bonds. The van der Waals surface area contributed by atoms with Gasteiger partial charge in [0.1, 0.15) is 0 Å². The quantitative estimate of drug-likeness (QED) is 0.510. The third kappa shape index (κ3) is 4.31. The number of halogens is 2. The lowest BCUT2D eigenvalue weighted by atomic mass is 10.3. The second-order valence-electron chi connectivity index (χ2n) is 2.41. The van der Waals surface area contributed by atoms with E-state index in [0.29, 0.717) is 13.1 Å². The lowest BCUT2D eigenvalue weighted by molar-refractivity contribution is -0.144. The maximum absolute atomic E-state index is 10.9. The molecule has 1 aliphatic heterocycles. The summed E-state index contributed by atoms with van der Waals surface area (Å²) in [7, 11) is 0. The van der Waals surface area contributed by atoms with Crippen LogP contribution in [0.1, 0.15) is 0 Å². The molecule has 1 aliphatic rings. The molecule has 0 aromatic heterocycles. The minimum absolute atomic E-state index is 0. The van der Waals surface area contributed by atoms with Gasteiger partial charge in [0, 0.05) is 26.2 Å². The number of amides is 2. The zero-order valence-corrected chi connectivity index (χ0v) is 8.62. The fraction of sp³-hybridized carbons (Fsp3) is 0.667. The summed E-state index contributed by atoms with van der Waals surface area (Å²) in [5.74, 6) is -1.45. The van der Waals surface area contributed by atoms with Gasteiger partial charge in [0.15, 0.2) is 0 Å². The maximum atomic E-state index is 10.9. The summed E-state index contributed by atoms with van der Waals surface area (Å²) >= 11 is 0. The van der Waals surface area contributed by atoms with E-state index in [4.69, 9.17) is 5.73 Å². The van der Waals surface area contributed by atoms with E-state index in [1.54, 1.807) is 0 Å². The molecule has 13 heavy (non-hydrogen) atoms. The largest absolute Gasteiger partial charge is 0.361 e. The van der Waals surface area contributed by atoms with Crippen LogP contribution >= 0.6 is 24.8 Å². The standard InChI is InChI=1S/C6H11N3O2.2ClH/c7-5(10)6(11)9-3-1-8-2-4-9;;/h8H,1-4H2,(H2,7,10);2*1H. The van der Waals surface area contributed by atoms with Gasteiger partial charge in [-0.2, -0.15) is 0 Å². The second kappa shape index (κ2) is 6.94. The van der Waals surface area contributed by atoms with Crippen LogP contribution in [0.3, 0.4) is 0 Å². The smallest absolute Gasteiger partial charge is 0.311 e. The first-order valence-electron chi connectivity index (χ1n) is 3.51. The molecule has 0 spiro atoms. The monoisotopic (exact) mass is 229 g/mol. The van der Waals surface area contributed by atoms with Crippen LogP contribution in [-0.2, 0) is 9.59 Å². The lowest BCUT2D eigenvalue weighted by Gasteiger charge is -2.25. The number of nitrogens with two attached hydrogens (primary N) is 1. The number of hydrogen-bond donors (Lipinski definition) is 2. The highest BCUT2D eigenvalue weighted by atomic mass is 35.5. The highest BCUT2D eigenvalue weighted by molar-refractivity contribution is 6.34. The molecule has 0 radical (unpaired) electrons. The summed E-state index contributed by atoms with van der Waals surface area (Å²) in [6, 6.07) is 0. The molecule has 0 atom stereocenters. The van der Waals surface area contributed by atoms with E-state index in [2.05, 4.69) is 5.32 Å². The summed E-state index contributed by atoms with van der Waals surface area (Å²) in [6.07, 6.45) is 0. The van der Waals surface area contributed by atoms with Crippen LogP contribution in [0, 0.1) is 0 Å². The number of piperazine rings is 1. The van der Waals surface area contributed by atoms with Crippen LogP contribution < -0.4 is 11.1 Å². The highest BCUT2D eigenvalue weighted by Crippen LogP contribution is 1.91. The van der Waals surface area contributed by atoms with Crippen molar-refractivity contribution in [2.75, 3.05) is 26.2 Å². The molecular weight excluding hydrogens is 217 g/mol. The number of primary amides is 1. The minimum Gasteiger partial charge on any atom is -0.361 e. The van der Waals surface area contributed by atoms with Gasteiger partial charge in [0.05, 0.1) is 0 Å². The van der Waals surface area contributed by atoms with Crippen LogP contribution in [0.2, 0.25) is 0 Å². The SMILES string of the molecule is Cl.Cl.NC(=O)C(=O)N1CCNCC1. The van der Waals surface area contributed by atoms with Crippen molar-refractivity contribution in [1.82, 2.24) is 10.2 Å². The van der Waals surface area contributed by atoms with Gasteiger partial charge in [0.2, 0.25) is 0 Å². The van der Waals surface area contributed by atoms with Crippen molar-refractivity contribution in [3.63, 3.8) is 0 Å². The Bertz CT molecular complexity index is 183. The predicted octanol–water partition coefficient (Wildman–Crippen LogP) is -1.25. The number of carbonyl (C=O) groups is 2. The Kier molecular flexibility index (Phi) is 7.99. The number of rotatable bonds is 0. The van der Waals surface area contributed by atoms with Crippen molar-refractivity contribution >= 4 is 36.6 Å². The predicted molar refractivity (Wildman–Crippen MR) is 53.1 cm³/mol. The molecule has 0 aliphatic carbocycles. The second-order valence-corrected chi connectivity index (χ2v) is 2.41. The van der Waals surface area contributed by atoms with Crippen LogP contribution in [0.15, 0.2) is 0 Å². The third-order valence-electron chi connectivity index (χ3n) is 1.61. The first-order valence-corrected chi connectivity index (χ1v) is 3.51. The fourth-order valence-electron chi connectivity index (χ4n) is 1.02. The Hall–Kier alpha value is -0.520. The van der Waals surface area contributed by atoms with Gasteiger partial charge in [-0.3, -0.25) is 9.59 Å². The molecule has 0 bridgehead atoms. The van der Waals surface area contributed by atoms with E-state index < -0.39 is 11.8 Å². The van der Waals surface area contributed by atoms with E-state index >= 15 is 0 Å². The molecule has 5 nitrogen and oxygen atoms in total. The average Bonchev–Trinajstić information content (AvgIpc) is 2.05. The molecular formula is C6H13Cl2N3O2. The van der Waals surface area contributed by atoms with Gasteiger partial charge in [-0.1, -0.05) is 0 Å². The van der Waals surface area contributed by atoms with Crippen molar-refractivity contribution in [2.24, 2.45) is 5.73 Å². The number of nitrogens with zero attached hydrogens (tertiary/aromatic N) is 1. The van der Waals surface area contributed by atoms with E-state index in [0.717, 1.165) is 13.1 Å². The van der Waals surface area contributed by atoms with Gasteiger partial charge < -0.3 is 16.0 Å². The van der Waals surface area contributed by atoms with Gasteiger partial charge in [-0.15, -0.1) is 24.8 Å². The molecule has 0 saturated carbocycles. The molecule has 3 N–H and O–H groups in total. The Morgan fingerprint density at radius 3 is 2.00 bits per heavy atom. The molecule has 0 aromatic rings. The van der Waals surface area contributed by atoms with Crippen molar-refractivity contribution in [3.05, 3.63) is 0 Å². The molecule has 1 rings (SSSR count). The highest BCUT2D eigenvalue weighted by Gasteiger charge is 2.19. The first-order chi connectivity index (χ1) is 5.22. The van der Waals surface area contributed by atoms with Crippen LogP contribution in [0.4, 0.5) is 0 Å². The van der Waals surface area contributed by atoms with Crippen molar-refractivity contribution < 1.29 is 9.59 Å². The van der Waals surface area contributed by atoms with E-state index in [-0.39, 0.29) is 24.8 Å². The Balaban J connectivity index is 0. The zero-order chi connectivity index (χ0) is 8.27. The summed E-state index contributed by atoms with van der Waals surface area (Å²) in [4.78, 5) is 22.8. The average molecular weight is 230 g/mol. The van der Waals surface area contributed by atoms with Gasteiger partial charge in [-0.25, -0.2) is 0 Å². The van der Waals surface area contributed by atoms with Crippen LogP contribution in [-0.4, -0.2) is 42.9 Å². The normalized spacial score (nSPS) is 15.2. The Labute approximate surface area is 88.8 Å². The van der Waals surface area contributed by atoms with Gasteiger partial charge >= 0.3 is 11.8 Å². The Morgan fingerprint density at radius 2 is 1.62 bits per heavy atom. The van der Waals surface area contributed by atoms with Crippen molar-refractivity contribution in [3.8, 4) is 0 Å². The maximum Gasteiger partial charge on any atom is 0.311 e. The van der Waals surface area contributed by atoms with Crippen molar-refractivity contribution in [2.45, 2.75) is 0 Å². The molecule has 0 aromatic carbocycles. The molecule has 1 fully saturated rings. The molecule has 0 unspecified atom stereocenters. The molecule has 1 heterocycles. The Morgan fingerprint density at radius 1 is 1.15 bits per heavy atom. The molecule has 7 heteroatoms. The van der Waals surface area contributed by atoms with E-state index in [1.807, 2.05) is 0 Å². The zero-order valence-electron chi connectivity index (χ0n) is 6.99. The fourth-order valence-corrected chi connectivity index (χ4v) is 1.02. The lowest BCUT2D eigenvalue weighted by Crippen LogP contribution is -2.50. The third-order valence-corrected chi connectivity index (χ3v) is 1.61. The molecule has 78 valence electrons. The van der Waals surface area contributed by atoms with Gasteiger partial charge in [0.25, 0.3) is 0 Å². The number of carbonyl (C=O) groups excluding carboxylic acids is 2. The first kappa shape index (κ1) is 15.0. The van der Waals surface area contributed by atoms with E-state index in [1.165, 1.54) is 4.90 Å². The summed E-state index contributed by atoms with van der Waals surface area (Å²) in [6.45, 7) is 2.61. The van der Waals surface area contributed by atoms with Gasteiger partial charge in [-0.05, 0) is 0 Å². The summed E-state index contributed by atoms with van der Waals surface area (Å²) < 4.78 is 0. The minimum atomic E-state index is -0.869. The van der Waals surface area contributed by atoms with Crippen molar-refractivity contribution in [1.29, 1.82) is 0 Å². The topological polar surface area (TPSA) is 75.4 Å². The number of nitrogens with one attached hydrogen (secondary N) is 1. The summed E-state index contributed by atoms with van der Waals surface area (Å²) in [5, 5.41) is 3.06. The molecule has 1 saturated heterocycles. The van der Waals surface area contributed by atoms with Crippen LogP contribution in [0.5, 0.6) is 0 Å². The summed E-state index contributed by atoms with van der Waals surface area (Å²) in [5.41, 5.74) is 4.82. The number of hydrogen-bond acceptors (Lipinski definition) is 3. The van der Waals surface area contributed by atoms with Crippen LogP contribution in [0.25, 0.3) is 0 Å². The van der Waals surface area contributed by atoms with E-state index in [9.17, 15) is 9.59 Å².